The van der Waals surface area contributed by atoms with E-state index >= 15 is 0 Å². The van der Waals surface area contributed by atoms with Gasteiger partial charge in [-0.15, -0.1) is 6.42 Å². The highest BCUT2D eigenvalue weighted by atomic mass is 32.1. The minimum atomic E-state index is -1.13. The van der Waals surface area contributed by atoms with Crippen LogP contribution in [-0.2, 0) is 33.9 Å². The van der Waals surface area contributed by atoms with Crippen LogP contribution in [0.25, 0.3) is 0 Å². The van der Waals surface area contributed by atoms with E-state index in [0.717, 1.165) is 18.8 Å². The molecule has 0 radical (unpaired) electrons. The number of carboxylic acids is 1. The van der Waals surface area contributed by atoms with Gasteiger partial charge in [-0.1, -0.05) is 33.6 Å². The molecule has 0 spiro atoms. The Morgan fingerprint density at radius 3 is 2.69 bits per heavy atom. The van der Waals surface area contributed by atoms with E-state index < -0.39 is 17.3 Å². The van der Waals surface area contributed by atoms with Crippen LogP contribution in [0.15, 0.2) is 34.4 Å². The number of aromatic carboxylic acids is 1. The van der Waals surface area contributed by atoms with Gasteiger partial charge in [0.25, 0.3) is 11.8 Å². The summed E-state index contributed by atoms with van der Waals surface area (Å²) in [5.41, 5.74) is 0.544. The number of terminal acetylenes is 1. The van der Waals surface area contributed by atoms with E-state index in [-0.39, 0.29) is 65.7 Å². The number of fused-ring (bicyclic) bond motifs is 2. The van der Waals surface area contributed by atoms with Crippen molar-refractivity contribution in [3.63, 3.8) is 0 Å². The number of carboxylic acid groups (broad SMARTS) is 1. The Morgan fingerprint density at radius 1 is 1.29 bits per heavy atom. The Labute approximate surface area is 280 Å². The Bertz CT molecular complexity index is 1940. The molecule has 2 N–H and O–H groups in total. The number of hydrogen-bond acceptors (Lipinski definition) is 10. The van der Waals surface area contributed by atoms with Crippen molar-refractivity contribution in [1.29, 1.82) is 0 Å². The average Bonchev–Trinajstić information content (AvgIpc) is 3.65. The van der Waals surface area contributed by atoms with Crippen LogP contribution in [-0.4, -0.2) is 68.5 Å². The molecule has 1 atom stereocenters. The van der Waals surface area contributed by atoms with Gasteiger partial charge in [-0.3, -0.25) is 19.5 Å². The number of nitrogens with one attached hydrogen (secondary N) is 1. The number of amidine groups is 1. The molecule has 1 unspecified atom stereocenters. The Kier molecular flexibility index (Phi) is 9.52. The van der Waals surface area contributed by atoms with Crippen LogP contribution in [0.3, 0.4) is 0 Å². The molecule has 3 aliphatic rings. The summed E-state index contributed by atoms with van der Waals surface area (Å²) in [5.74, 6) is 1.71. The fourth-order valence-corrected chi connectivity index (χ4v) is 6.16. The van der Waals surface area contributed by atoms with Crippen LogP contribution < -0.4 is 19.8 Å². The van der Waals surface area contributed by atoms with Gasteiger partial charge in [0.2, 0.25) is 4.80 Å². The summed E-state index contributed by atoms with van der Waals surface area (Å²) < 4.78 is 31.3. The van der Waals surface area contributed by atoms with Crippen molar-refractivity contribution >= 4 is 46.5 Å². The van der Waals surface area contributed by atoms with Gasteiger partial charge in [-0.25, -0.2) is 19.2 Å². The lowest BCUT2D eigenvalue weighted by Crippen LogP contribution is -2.41. The lowest BCUT2D eigenvalue weighted by atomic mass is 9.89. The Balaban J connectivity index is 0.000000191. The maximum Gasteiger partial charge on any atom is 0.338 e. The molecule has 1 aromatic carbocycles. The van der Waals surface area contributed by atoms with Crippen LogP contribution in [0.4, 0.5) is 15.8 Å². The van der Waals surface area contributed by atoms with Gasteiger partial charge < -0.3 is 24.5 Å². The maximum atomic E-state index is 14.5. The molecule has 15 heteroatoms. The third kappa shape index (κ3) is 6.71. The van der Waals surface area contributed by atoms with E-state index in [4.69, 9.17) is 15.9 Å². The number of benzene rings is 1. The number of hydrogen-bond donors (Lipinski definition) is 2. The lowest BCUT2D eigenvalue weighted by Gasteiger charge is -2.28. The van der Waals surface area contributed by atoms with E-state index in [0.29, 0.717) is 21.8 Å². The molecule has 3 aliphatic heterocycles. The van der Waals surface area contributed by atoms with Gasteiger partial charge in [0.15, 0.2) is 18.3 Å². The highest BCUT2D eigenvalue weighted by Crippen LogP contribution is 2.37. The van der Waals surface area contributed by atoms with Gasteiger partial charge in [0.05, 0.1) is 24.4 Å². The van der Waals surface area contributed by atoms with Crippen LogP contribution in [0.5, 0.6) is 5.75 Å². The molecule has 2 amide bonds. The van der Waals surface area contributed by atoms with Gasteiger partial charge in [0, 0.05) is 43.9 Å². The third-order valence-electron chi connectivity index (χ3n) is 8.30. The molecule has 5 heterocycles. The Morgan fingerprint density at radius 2 is 2.04 bits per heavy atom. The monoisotopic (exact) mass is 677 g/mol. The number of carbonyl (C=O) groups excluding carboxylic acids is 2. The highest BCUT2D eigenvalue weighted by Gasteiger charge is 2.43. The molecular weight excluding hydrogens is 641 g/mol. The number of pyridine rings is 1. The summed E-state index contributed by atoms with van der Waals surface area (Å²) in [6.45, 7) is 10.8. The number of anilines is 1. The molecule has 13 nitrogen and oxygen atoms in total. The summed E-state index contributed by atoms with van der Waals surface area (Å²) in [5, 5.41) is 12.0. The fourth-order valence-electron chi connectivity index (χ4n) is 5.40. The summed E-state index contributed by atoms with van der Waals surface area (Å²) >= 11 is 1.24. The third-order valence-corrected chi connectivity index (χ3v) is 9.08. The zero-order valence-corrected chi connectivity index (χ0v) is 28.3. The SMILES string of the molecule is C#CCN1C(=O)COc2cc(F)c(/N=c3\snc4n3CC(C)(C)C4)cc21.COCc1cnc(C2=NC(C)(C(C)C)C(=O)N2)c(C(=O)O)c1. The summed E-state index contributed by atoms with van der Waals surface area (Å²) in [7, 11) is 1.52. The molecule has 0 bridgehead atoms. The number of halogens is 1. The standard InChI is InChI=1S/C18H17FN4O2S.C15H19N3O4/c1-4-5-22-13-7-12(11(19)6-14(13)25-9-16(22)24)20-17-23-10-18(2,3)8-15(23)21-26-17;1-8(2)15(3)14(21)17-12(18-15)11-10(13(19)20)5-9(6-16-11)7-22-4/h1,6-7H,5,8-10H2,2-3H3;5-6,8H,7H2,1-4H3,(H,19,20)(H,17,18,21)/b20-17-;. The molecule has 2 aromatic heterocycles. The first-order valence-corrected chi connectivity index (χ1v) is 15.9. The molecule has 3 aromatic rings. The molecular formula is C33H36FN7O6S. The topological polar surface area (TPSA) is 161 Å². The number of ether oxygens (including phenoxy) is 2. The van der Waals surface area contributed by atoms with Crippen molar-refractivity contribution in [1.82, 2.24) is 19.2 Å². The molecule has 0 saturated heterocycles. The molecule has 48 heavy (non-hydrogen) atoms. The maximum absolute atomic E-state index is 14.5. The van der Waals surface area contributed by atoms with E-state index in [2.05, 4.69) is 44.4 Å². The van der Waals surface area contributed by atoms with E-state index in [1.165, 1.54) is 47.9 Å². The first-order chi connectivity index (χ1) is 22.7. The van der Waals surface area contributed by atoms with E-state index in [1.54, 1.807) is 6.92 Å². The van der Waals surface area contributed by atoms with Crippen molar-refractivity contribution in [3.05, 3.63) is 57.7 Å². The normalized spacial score (nSPS) is 19.5. The summed E-state index contributed by atoms with van der Waals surface area (Å²) in [6, 6.07) is 4.24. The van der Waals surface area contributed by atoms with Crippen molar-refractivity contribution in [2.75, 3.05) is 25.2 Å². The second-order valence-corrected chi connectivity index (χ2v) is 13.6. The fraction of sp³-hybridized carbons (Fsp3) is 0.424. The zero-order chi connectivity index (χ0) is 35.0. The minimum absolute atomic E-state index is 0.0124. The van der Waals surface area contributed by atoms with Crippen molar-refractivity contribution in [2.45, 2.75) is 59.7 Å². The van der Waals surface area contributed by atoms with Crippen molar-refractivity contribution in [2.24, 2.45) is 21.3 Å². The van der Waals surface area contributed by atoms with Gasteiger partial charge in [0.1, 0.15) is 28.5 Å². The molecule has 0 saturated carbocycles. The number of aromatic nitrogens is 3. The number of amides is 2. The average molecular weight is 678 g/mol. The van der Waals surface area contributed by atoms with Crippen molar-refractivity contribution < 1.29 is 33.4 Å². The van der Waals surface area contributed by atoms with Gasteiger partial charge in [-0.2, -0.15) is 4.37 Å². The molecule has 0 fully saturated rings. The Hall–Kier alpha value is -4.94. The number of rotatable bonds is 7. The van der Waals surface area contributed by atoms with Gasteiger partial charge in [-0.05, 0) is 36.0 Å². The highest BCUT2D eigenvalue weighted by molar-refractivity contribution is 7.02. The first-order valence-electron chi connectivity index (χ1n) is 15.1. The van der Waals surface area contributed by atoms with Gasteiger partial charge >= 0.3 is 5.97 Å². The summed E-state index contributed by atoms with van der Waals surface area (Å²) in [4.78, 5) is 50.7. The minimum Gasteiger partial charge on any atom is -0.481 e. The second-order valence-electron chi connectivity index (χ2n) is 12.9. The van der Waals surface area contributed by atoms with Crippen LogP contribution >= 0.6 is 11.5 Å². The number of methoxy groups -OCH3 is 1. The molecule has 0 aliphatic carbocycles. The van der Waals surface area contributed by atoms with Crippen LogP contribution in [0.2, 0.25) is 0 Å². The van der Waals surface area contributed by atoms with Crippen LogP contribution in [0, 0.1) is 29.5 Å². The van der Waals surface area contributed by atoms with E-state index in [1.807, 2.05) is 18.4 Å². The molecule has 6 rings (SSSR count). The predicted octanol–water partition coefficient (Wildman–Crippen LogP) is 3.47. The van der Waals surface area contributed by atoms with Crippen LogP contribution in [0.1, 0.15) is 62.1 Å². The van der Waals surface area contributed by atoms with E-state index in [9.17, 15) is 23.9 Å². The summed E-state index contributed by atoms with van der Waals surface area (Å²) in [6.07, 6.45) is 7.73. The second kappa shape index (κ2) is 13.3. The number of aliphatic imine (C=N–C) groups is 1. The quantitative estimate of drug-likeness (QED) is 0.360. The smallest absolute Gasteiger partial charge is 0.338 e. The first kappa shape index (κ1) is 34.4. The lowest BCUT2D eigenvalue weighted by molar-refractivity contribution is -0.124. The predicted molar refractivity (Wildman–Crippen MR) is 176 cm³/mol. The number of nitrogens with zero attached hydrogens (tertiary/aromatic N) is 6. The largest absolute Gasteiger partial charge is 0.481 e. The van der Waals surface area contributed by atoms with Crippen molar-refractivity contribution in [3.8, 4) is 18.1 Å². The number of carbonyl (C=O) groups is 3. The molecule has 252 valence electrons. The zero-order valence-electron chi connectivity index (χ0n) is 27.5.